The molecule has 0 unspecified atom stereocenters. The van der Waals surface area contributed by atoms with Crippen molar-refractivity contribution in [2.45, 2.75) is 26.2 Å². The maximum atomic E-state index is 11.8. The van der Waals surface area contributed by atoms with Crippen molar-refractivity contribution in [3.63, 3.8) is 0 Å². The molecule has 1 aromatic carbocycles. The lowest BCUT2D eigenvalue weighted by Crippen LogP contribution is -2.25. The van der Waals surface area contributed by atoms with Gasteiger partial charge in [0.05, 0.1) is 0 Å². The van der Waals surface area contributed by atoms with Gasteiger partial charge < -0.3 is 10.2 Å². The smallest absolute Gasteiger partial charge is 0.226 e. The fourth-order valence-corrected chi connectivity index (χ4v) is 2.39. The zero-order valence-corrected chi connectivity index (χ0v) is 10.1. The van der Waals surface area contributed by atoms with Gasteiger partial charge in [0.1, 0.15) is 0 Å². The number of benzene rings is 1. The van der Waals surface area contributed by atoms with E-state index in [0.717, 1.165) is 18.5 Å². The summed E-state index contributed by atoms with van der Waals surface area (Å²) in [6.07, 6.45) is 2.56. The van der Waals surface area contributed by atoms with Crippen molar-refractivity contribution in [3.8, 4) is 0 Å². The molecule has 3 heteroatoms. The van der Waals surface area contributed by atoms with Crippen molar-refractivity contribution in [3.05, 3.63) is 23.3 Å². The van der Waals surface area contributed by atoms with Crippen LogP contribution in [-0.4, -0.2) is 20.0 Å². The van der Waals surface area contributed by atoms with Gasteiger partial charge in [-0.3, -0.25) is 4.79 Å². The molecule has 1 aliphatic rings. The zero-order chi connectivity index (χ0) is 11.7. The topological polar surface area (TPSA) is 32.3 Å². The summed E-state index contributed by atoms with van der Waals surface area (Å²) in [6.45, 7) is 2.10. The second-order valence-electron chi connectivity index (χ2n) is 4.31. The third kappa shape index (κ3) is 1.66. The molecule has 16 heavy (non-hydrogen) atoms. The van der Waals surface area contributed by atoms with Gasteiger partial charge in [0.25, 0.3) is 0 Å². The second-order valence-corrected chi connectivity index (χ2v) is 4.31. The Morgan fingerprint density at radius 2 is 2.06 bits per heavy atom. The molecule has 2 rings (SSSR count). The van der Waals surface area contributed by atoms with Crippen LogP contribution in [0.4, 0.5) is 11.4 Å². The Hall–Kier alpha value is -1.51. The minimum atomic E-state index is 0.213. The molecule has 1 amide bonds. The van der Waals surface area contributed by atoms with E-state index in [1.54, 1.807) is 4.90 Å². The molecule has 1 aromatic rings. The molecular weight excluding hydrogens is 200 g/mol. The molecule has 0 aliphatic carbocycles. The van der Waals surface area contributed by atoms with Crippen molar-refractivity contribution in [2.75, 3.05) is 24.3 Å². The fraction of sp³-hybridized carbons (Fsp3) is 0.462. The molecule has 0 atom stereocenters. The normalized spacial score (nSPS) is 15.7. The molecule has 86 valence electrons. The molecule has 0 radical (unpaired) electrons. The monoisotopic (exact) mass is 218 g/mol. The van der Waals surface area contributed by atoms with Crippen LogP contribution in [0.3, 0.4) is 0 Å². The van der Waals surface area contributed by atoms with Crippen LogP contribution in [-0.2, 0) is 11.2 Å². The van der Waals surface area contributed by atoms with E-state index in [2.05, 4.69) is 24.4 Å². The molecule has 0 aromatic heterocycles. The van der Waals surface area contributed by atoms with Crippen LogP contribution in [0.5, 0.6) is 0 Å². The first-order valence-electron chi connectivity index (χ1n) is 5.72. The molecule has 0 saturated heterocycles. The predicted molar refractivity (Wildman–Crippen MR) is 67.1 cm³/mol. The number of nitrogens with one attached hydrogen (secondary N) is 1. The van der Waals surface area contributed by atoms with Crippen molar-refractivity contribution in [1.29, 1.82) is 0 Å². The Balaban J connectivity index is 2.58. The summed E-state index contributed by atoms with van der Waals surface area (Å²) in [7, 11) is 3.80. The zero-order valence-electron chi connectivity index (χ0n) is 10.1. The van der Waals surface area contributed by atoms with Crippen molar-refractivity contribution >= 4 is 17.3 Å². The highest BCUT2D eigenvalue weighted by atomic mass is 16.2. The first-order valence-corrected chi connectivity index (χ1v) is 5.72. The summed E-state index contributed by atoms with van der Waals surface area (Å²) >= 11 is 0. The lowest BCUT2D eigenvalue weighted by Gasteiger charge is -2.20. The van der Waals surface area contributed by atoms with E-state index < -0.39 is 0 Å². The van der Waals surface area contributed by atoms with E-state index in [0.29, 0.717) is 6.42 Å². The summed E-state index contributed by atoms with van der Waals surface area (Å²) in [4.78, 5) is 13.5. The van der Waals surface area contributed by atoms with E-state index >= 15 is 0 Å². The number of rotatable bonds is 1. The van der Waals surface area contributed by atoms with Crippen molar-refractivity contribution in [1.82, 2.24) is 0 Å². The van der Waals surface area contributed by atoms with E-state index in [1.807, 2.05) is 14.1 Å². The van der Waals surface area contributed by atoms with Gasteiger partial charge in [0.2, 0.25) is 5.91 Å². The lowest BCUT2D eigenvalue weighted by molar-refractivity contribution is -0.118. The van der Waals surface area contributed by atoms with Gasteiger partial charge in [-0.1, -0.05) is 6.07 Å². The Morgan fingerprint density at radius 3 is 2.75 bits per heavy atom. The summed E-state index contributed by atoms with van der Waals surface area (Å²) in [5, 5.41) is 3.25. The van der Waals surface area contributed by atoms with E-state index in [1.165, 1.54) is 16.8 Å². The van der Waals surface area contributed by atoms with Gasteiger partial charge in [-0.15, -0.1) is 0 Å². The van der Waals surface area contributed by atoms with E-state index in [4.69, 9.17) is 0 Å². The highest BCUT2D eigenvalue weighted by Gasteiger charge is 2.21. The number of fused-ring (bicyclic) bond motifs is 1. The standard InChI is InChI=1S/C13H18N2O/c1-9-7-8-11-10(13(9)14-2)5-4-6-12(16)15(11)3/h7-8,14H,4-6H2,1-3H3. The first kappa shape index (κ1) is 11.0. The maximum absolute atomic E-state index is 11.8. The Morgan fingerprint density at radius 1 is 1.31 bits per heavy atom. The Bertz CT molecular complexity index is 426. The molecule has 0 saturated carbocycles. The molecular formula is C13H18N2O. The minimum Gasteiger partial charge on any atom is -0.388 e. The second kappa shape index (κ2) is 4.16. The summed E-state index contributed by atoms with van der Waals surface area (Å²) in [5.41, 5.74) is 4.75. The number of hydrogen-bond acceptors (Lipinski definition) is 2. The summed E-state index contributed by atoms with van der Waals surface area (Å²) in [5.74, 6) is 0.213. The number of amides is 1. The summed E-state index contributed by atoms with van der Waals surface area (Å²) in [6, 6.07) is 4.12. The fourth-order valence-electron chi connectivity index (χ4n) is 2.39. The first-order chi connectivity index (χ1) is 7.65. The van der Waals surface area contributed by atoms with Crippen LogP contribution >= 0.6 is 0 Å². The van der Waals surface area contributed by atoms with Crippen LogP contribution in [0.2, 0.25) is 0 Å². The molecule has 1 N–H and O–H groups in total. The molecule has 1 heterocycles. The van der Waals surface area contributed by atoms with Gasteiger partial charge >= 0.3 is 0 Å². The molecule has 0 fully saturated rings. The quantitative estimate of drug-likeness (QED) is 0.784. The van der Waals surface area contributed by atoms with Crippen molar-refractivity contribution in [2.24, 2.45) is 0 Å². The number of carbonyl (C=O) groups is 1. The number of carbonyl (C=O) groups excluding carboxylic acids is 1. The Kier molecular flexibility index (Phi) is 2.86. The largest absolute Gasteiger partial charge is 0.388 e. The van der Waals surface area contributed by atoms with Crippen LogP contribution < -0.4 is 10.2 Å². The van der Waals surface area contributed by atoms with Crippen LogP contribution in [0.25, 0.3) is 0 Å². The number of hydrogen-bond donors (Lipinski definition) is 1. The number of nitrogens with zero attached hydrogens (tertiary/aromatic N) is 1. The third-order valence-electron chi connectivity index (χ3n) is 3.30. The van der Waals surface area contributed by atoms with Gasteiger partial charge in [0.15, 0.2) is 0 Å². The van der Waals surface area contributed by atoms with Gasteiger partial charge in [-0.2, -0.15) is 0 Å². The van der Waals surface area contributed by atoms with Crippen molar-refractivity contribution < 1.29 is 4.79 Å². The van der Waals surface area contributed by atoms with E-state index in [9.17, 15) is 4.79 Å². The third-order valence-corrected chi connectivity index (χ3v) is 3.30. The summed E-state index contributed by atoms with van der Waals surface area (Å²) < 4.78 is 0. The predicted octanol–water partition coefficient (Wildman–Crippen LogP) is 2.34. The Labute approximate surface area is 96.5 Å². The van der Waals surface area contributed by atoms with Crippen LogP contribution in [0.15, 0.2) is 12.1 Å². The molecule has 3 nitrogen and oxygen atoms in total. The SMILES string of the molecule is CNc1c(C)ccc2c1CCCC(=O)N2C. The highest BCUT2D eigenvalue weighted by molar-refractivity contribution is 5.95. The van der Waals surface area contributed by atoms with Gasteiger partial charge in [-0.05, 0) is 37.0 Å². The molecule has 0 spiro atoms. The average molecular weight is 218 g/mol. The lowest BCUT2D eigenvalue weighted by atomic mass is 10.0. The molecule has 0 bridgehead atoms. The average Bonchev–Trinajstić information content (AvgIpc) is 2.40. The van der Waals surface area contributed by atoms with E-state index in [-0.39, 0.29) is 5.91 Å². The van der Waals surface area contributed by atoms with Crippen LogP contribution in [0.1, 0.15) is 24.0 Å². The maximum Gasteiger partial charge on any atom is 0.226 e. The molecule has 1 aliphatic heterocycles. The number of anilines is 2. The van der Waals surface area contributed by atoms with Gasteiger partial charge in [0, 0.05) is 31.9 Å². The van der Waals surface area contributed by atoms with Crippen LogP contribution in [0, 0.1) is 6.92 Å². The number of aryl methyl sites for hydroxylation is 1. The van der Waals surface area contributed by atoms with Gasteiger partial charge in [-0.25, -0.2) is 0 Å². The minimum absolute atomic E-state index is 0.213. The highest BCUT2D eigenvalue weighted by Crippen LogP contribution is 2.33.